The number of carbonyl (C=O) groups excluding carboxylic acids is 2. The van der Waals surface area contributed by atoms with Crippen molar-refractivity contribution in [1.82, 2.24) is 9.97 Å². The van der Waals surface area contributed by atoms with E-state index < -0.39 is 0 Å². The quantitative estimate of drug-likeness (QED) is 0.727. The smallest absolute Gasteiger partial charge is 0.261 e. The van der Waals surface area contributed by atoms with Crippen molar-refractivity contribution < 1.29 is 9.59 Å². The van der Waals surface area contributed by atoms with Gasteiger partial charge in [-0.15, -0.1) is 0 Å². The average molecular weight is 361 g/mol. The minimum Gasteiger partial charge on any atom is -0.326 e. The molecule has 0 saturated heterocycles. The molecule has 2 N–H and O–H groups in total. The molecule has 3 aromatic rings. The van der Waals surface area contributed by atoms with Gasteiger partial charge in [-0.1, -0.05) is 24.3 Å². The summed E-state index contributed by atoms with van der Waals surface area (Å²) in [5, 5.41) is 5.76. The van der Waals surface area contributed by atoms with Gasteiger partial charge in [0.15, 0.2) is 0 Å². The highest BCUT2D eigenvalue weighted by molar-refractivity contribution is 6.05. The third kappa shape index (κ3) is 4.66. The highest BCUT2D eigenvalue weighted by atomic mass is 16.2. The lowest BCUT2D eigenvalue weighted by atomic mass is 10.2. The first-order valence-corrected chi connectivity index (χ1v) is 8.33. The molecule has 0 aliphatic carbocycles. The Morgan fingerprint density at radius 2 is 1.59 bits per heavy atom. The monoisotopic (exact) mass is 361 g/mol. The molecule has 136 valence electrons. The van der Waals surface area contributed by atoms with Crippen LogP contribution in [0, 0.1) is 0 Å². The van der Waals surface area contributed by atoms with Gasteiger partial charge in [-0.25, -0.2) is 9.97 Å². The van der Waals surface area contributed by atoms with Gasteiger partial charge >= 0.3 is 0 Å². The molecule has 0 bridgehead atoms. The lowest BCUT2D eigenvalue weighted by Crippen LogP contribution is -2.26. The molecule has 2 aromatic carbocycles. The highest BCUT2D eigenvalue weighted by Crippen LogP contribution is 2.19. The van der Waals surface area contributed by atoms with Gasteiger partial charge < -0.3 is 15.5 Å². The molecular formula is C20H19N5O2. The standard InChI is InChI=1S/C20H19N5O2/c1-14(26)23-16-7-6-8-17(11-16)24-20-21-12-15(13-22-20)19(27)25(2)18-9-4-3-5-10-18/h3-13H,1-2H3,(H,23,26)(H,21,22,24). The first-order valence-electron chi connectivity index (χ1n) is 8.33. The summed E-state index contributed by atoms with van der Waals surface area (Å²) in [7, 11) is 1.71. The minimum atomic E-state index is -0.194. The number of aromatic nitrogens is 2. The minimum absolute atomic E-state index is 0.145. The summed E-state index contributed by atoms with van der Waals surface area (Å²) < 4.78 is 0. The molecule has 0 unspecified atom stereocenters. The largest absolute Gasteiger partial charge is 0.326 e. The van der Waals surface area contributed by atoms with E-state index in [2.05, 4.69) is 20.6 Å². The van der Waals surface area contributed by atoms with Crippen LogP contribution in [0.5, 0.6) is 0 Å². The van der Waals surface area contributed by atoms with Gasteiger partial charge in [0.2, 0.25) is 11.9 Å². The van der Waals surface area contributed by atoms with Crippen molar-refractivity contribution in [3.8, 4) is 0 Å². The molecule has 0 fully saturated rings. The molecule has 0 aliphatic rings. The maximum Gasteiger partial charge on any atom is 0.261 e. The van der Waals surface area contributed by atoms with Crippen LogP contribution in [0.1, 0.15) is 17.3 Å². The average Bonchev–Trinajstić information content (AvgIpc) is 2.68. The second-order valence-electron chi connectivity index (χ2n) is 5.88. The number of amides is 2. The Bertz CT molecular complexity index is 942. The third-order valence-corrected chi connectivity index (χ3v) is 3.79. The molecule has 7 heteroatoms. The summed E-state index contributed by atoms with van der Waals surface area (Å²) in [5.74, 6) is 0.0168. The Morgan fingerprint density at radius 1 is 0.926 bits per heavy atom. The van der Waals surface area contributed by atoms with E-state index in [0.29, 0.717) is 17.2 Å². The summed E-state index contributed by atoms with van der Waals surface area (Å²) in [6.45, 7) is 1.45. The van der Waals surface area contributed by atoms with Crippen LogP contribution in [0.2, 0.25) is 0 Å². The van der Waals surface area contributed by atoms with Gasteiger partial charge in [-0.2, -0.15) is 0 Å². The van der Waals surface area contributed by atoms with Gasteiger partial charge in [0.25, 0.3) is 5.91 Å². The van der Waals surface area contributed by atoms with Crippen molar-refractivity contribution in [3.05, 3.63) is 72.6 Å². The molecule has 0 radical (unpaired) electrons. The Labute approximate surface area is 157 Å². The first-order chi connectivity index (χ1) is 13.0. The zero-order chi connectivity index (χ0) is 19.2. The summed E-state index contributed by atoms with van der Waals surface area (Å²) in [6.07, 6.45) is 2.96. The van der Waals surface area contributed by atoms with Gasteiger partial charge in [-0.05, 0) is 30.3 Å². The number of nitrogens with zero attached hydrogens (tertiary/aromatic N) is 3. The Kier molecular flexibility index (Phi) is 5.41. The highest BCUT2D eigenvalue weighted by Gasteiger charge is 2.14. The fourth-order valence-electron chi connectivity index (χ4n) is 2.47. The van der Waals surface area contributed by atoms with Crippen molar-refractivity contribution in [2.45, 2.75) is 6.92 Å². The van der Waals surface area contributed by atoms with E-state index in [0.717, 1.165) is 11.4 Å². The van der Waals surface area contributed by atoms with E-state index in [9.17, 15) is 9.59 Å². The molecular weight excluding hydrogens is 342 g/mol. The first kappa shape index (κ1) is 18.1. The Hall–Kier alpha value is -3.74. The normalized spacial score (nSPS) is 10.1. The number of benzene rings is 2. The number of anilines is 4. The second-order valence-corrected chi connectivity index (χ2v) is 5.88. The molecule has 2 amide bonds. The zero-order valence-electron chi connectivity index (χ0n) is 15.0. The van der Waals surface area contributed by atoms with E-state index in [4.69, 9.17) is 0 Å². The predicted molar refractivity (Wildman–Crippen MR) is 105 cm³/mol. The number of hydrogen-bond acceptors (Lipinski definition) is 5. The summed E-state index contributed by atoms with van der Waals surface area (Å²) >= 11 is 0. The van der Waals surface area contributed by atoms with Crippen molar-refractivity contribution in [2.75, 3.05) is 22.6 Å². The molecule has 0 saturated carbocycles. The lowest BCUT2D eigenvalue weighted by molar-refractivity contribution is -0.114. The van der Waals surface area contributed by atoms with Gasteiger partial charge in [0.05, 0.1) is 5.56 Å². The summed E-state index contributed by atoms with van der Waals surface area (Å²) in [4.78, 5) is 33.7. The van der Waals surface area contributed by atoms with Crippen LogP contribution < -0.4 is 15.5 Å². The lowest BCUT2D eigenvalue weighted by Gasteiger charge is -2.17. The van der Waals surface area contributed by atoms with Gasteiger partial charge in [0.1, 0.15) is 0 Å². The molecule has 0 spiro atoms. The molecule has 27 heavy (non-hydrogen) atoms. The van der Waals surface area contributed by atoms with Crippen LogP contribution in [-0.4, -0.2) is 28.8 Å². The van der Waals surface area contributed by atoms with E-state index in [1.54, 1.807) is 30.1 Å². The molecule has 1 heterocycles. The number of hydrogen-bond donors (Lipinski definition) is 2. The van der Waals surface area contributed by atoms with E-state index in [1.165, 1.54) is 19.3 Å². The predicted octanol–water partition coefficient (Wildman–Crippen LogP) is 3.46. The zero-order valence-corrected chi connectivity index (χ0v) is 15.0. The SMILES string of the molecule is CC(=O)Nc1cccc(Nc2ncc(C(=O)N(C)c3ccccc3)cn2)c1. The maximum absolute atomic E-state index is 12.5. The van der Waals surface area contributed by atoms with Crippen molar-refractivity contribution >= 4 is 34.8 Å². The van der Waals surface area contributed by atoms with Crippen LogP contribution in [0.4, 0.5) is 23.0 Å². The van der Waals surface area contributed by atoms with Crippen LogP contribution in [-0.2, 0) is 4.79 Å². The fourth-order valence-corrected chi connectivity index (χ4v) is 2.47. The number of para-hydroxylation sites is 1. The van der Waals surface area contributed by atoms with Crippen LogP contribution in [0.25, 0.3) is 0 Å². The number of carbonyl (C=O) groups is 2. The van der Waals surface area contributed by atoms with E-state index in [1.807, 2.05) is 36.4 Å². The van der Waals surface area contributed by atoms with Crippen LogP contribution in [0.15, 0.2) is 67.0 Å². The third-order valence-electron chi connectivity index (χ3n) is 3.79. The van der Waals surface area contributed by atoms with Crippen molar-refractivity contribution in [1.29, 1.82) is 0 Å². The van der Waals surface area contributed by atoms with Crippen molar-refractivity contribution in [2.24, 2.45) is 0 Å². The van der Waals surface area contributed by atoms with Crippen LogP contribution in [0.3, 0.4) is 0 Å². The second kappa shape index (κ2) is 8.09. The summed E-state index contributed by atoms with van der Waals surface area (Å²) in [5.41, 5.74) is 2.57. The fraction of sp³-hybridized carbons (Fsp3) is 0.100. The Morgan fingerprint density at radius 3 is 2.26 bits per heavy atom. The molecule has 3 rings (SSSR count). The molecule has 7 nitrogen and oxygen atoms in total. The topological polar surface area (TPSA) is 87.2 Å². The summed E-state index contributed by atoms with van der Waals surface area (Å²) in [6, 6.07) is 16.5. The van der Waals surface area contributed by atoms with E-state index >= 15 is 0 Å². The Balaban J connectivity index is 1.70. The van der Waals surface area contributed by atoms with Crippen molar-refractivity contribution in [3.63, 3.8) is 0 Å². The van der Waals surface area contributed by atoms with Gasteiger partial charge in [0, 0.05) is 43.4 Å². The molecule has 1 aromatic heterocycles. The maximum atomic E-state index is 12.5. The van der Waals surface area contributed by atoms with Crippen LogP contribution >= 0.6 is 0 Å². The molecule has 0 atom stereocenters. The molecule has 0 aliphatic heterocycles. The number of rotatable bonds is 5. The number of nitrogens with one attached hydrogen (secondary N) is 2. The van der Waals surface area contributed by atoms with E-state index in [-0.39, 0.29) is 11.8 Å². The van der Waals surface area contributed by atoms with Gasteiger partial charge in [-0.3, -0.25) is 9.59 Å².